The fourth-order valence-corrected chi connectivity index (χ4v) is 3.55. The lowest BCUT2D eigenvalue weighted by molar-refractivity contribution is -0.121. The fourth-order valence-electron chi connectivity index (χ4n) is 1.07. The molecule has 0 unspecified atom stereocenters. The molecule has 0 spiro atoms. The van der Waals surface area contributed by atoms with Crippen molar-refractivity contribution in [2.75, 3.05) is 19.3 Å². The van der Waals surface area contributed by atoms with Crippen LogP contribution in [0.3, 0.4) is 0 Å². The van der Waals surface area contributed by atoms with Gasteiger partial charge in [-0.3, -0.25) is 9.59 Å². The number of carbonyl (C=O) groups is 2. The van der Waals surface area contributed by atoms with Crippen molar-refractivity contribution in [1.82, 2.24) is 10.6 Å². The highest BCUT2D eigenvalue weighted by Crippen LogP contribution is 2.38. The summed E-state index contributed by atoms with van der Waals surface area (Å²) in [6, 6.07) is 0. The summed E-state index contributed by atoms with van der Waals surface area (Å²) in [6.45, 7) is 6.75. The highest BCUT2D eigenvalue weighted by molar-refractivity contribution is 8.77. The Labute approximate surface area is 111 Å². The summed E-state index contributed by atoms with van der Waals surface area (Å²) in [5.41, 5.74) is 0. The Kier molecular flexibility index (Phi) is 8.51. The Balaban J connectivity index is 3.77. The van der Waals surface area contributed by atoms with Crippen LogP contribution in [0.1, 0.15) is 33.6 Å². The summed E-state index contributed by atoms with van der Waals surface area (Å²) in [7, 11) is 4.85. The Bertz CT molecular complexity index is 258. The Hall–Kier alpha value is -0.360. The lowest BCUT2D eigenvalue weighted by Gasteiger charge is -2.22. The molecular weight excluding hydrogens is 256 g/mol. The molecule has 0 fully saturated rings. The molecule has 0 saturated carbocycles. The second-order valence-corrected chi connectivity index (χ2v) is 7.24. The molecule has 6 heteroatoms. The highest BCUT2D eigenvalue weighted by Gasteiger charge is 2.20. The van der Waals surface area contributed by atoms with E-state index in [9.17, 15) is 9.59 Å². The molecule has 0 aromatic rings. The van der Waals surface area contributed by atoms with E-state index in [4.69, 9.17) is 0 Å². The summed E-state index contributed by atoms with van der Waals surface area (Å²) in [5, 5.41) is 5.36. The summed E-state index contributed by atoms with van der Waals surface area (Å²) < 4.78 is 0.00364. The van der Waals surface area contributed by atoms with Gasteiger partial charge in [-0.25, -0.2) is 0 Å². The second kappa shape index (κ2) is 8.69. The van der Waals surface area contributed by atoms with Gasteiger partial charge in [-0.05, 0) is 27.2 Å². The van der Waals surface area contributed by atoms with E-state index in [-0.39, 0.29) is 16.6 Å². The van der Waals surface area contributed by atoms with E-state index in [0.29, 0.717) is 18.7 Å². The third-order valence-corrected chi connectivity index (χ3v) is 5.30. The number of nitrogens with one attached hydrogen (secondary N) is 2. The molecule has 0 bridgehead atoms. The van der Waals surface area contributed by atoms with Gasteiger partial charge in [-0.15, -0.1) is 0 Å². The first-order valence-electron chi connectivity index (χ1n) is 5.69. The van der Waals surface area contributed by atoms with Crippen LogP contribution in [0, 0.1) is 0 Å². The van der Waals surface area contributed by atoms with E-state index in [2.05, 4.69) is 24.5 Å². The molecule has 0 heterocycles. The minimum absolute atomic E-state index is 0.00364. The van der Waals surface area contributed by atoms with E-state index in [1.54, 1.807) is 28.6 Å². The summed E-state index contributed by atoms with van der Waals surface area (Å²) in [6.07, 6.45) is 1.33. The van der Waals surface area contributed by atoms with Gasteiger partial charge in [0.25, 0.3) is 0 Å². The van der Waals surface area contributed by atoms with Crippen molar-refractivity contribution in [3.05, 3.63) is 0 Å². The molecule has 4 nitrogen and oxygen atoms in total. The molecule has 2 amide bonds. The molecule has 17 heavy (non-hydrogen) atoms. The summed E-state index contributed by atoms with van der Waals surface area (Å²) in [4.78, 5) is 22.4. The van der Waals surface area contributed by atoms with Crippen molar-refractivity contribution in [2.24, 2.45) is 0 Å². The summed E-state index contributed by atoms with van der Waals surface area (Å²) >= 11 is 0. The molecule has 0 atom stereocenters. The monoisotopic (exact) mass is 278 g/mol. The average Bonchev–Trinajstić information content (AvgIpc) is 2.26. The van der Waals surface area contributed by atoms with Gasteiger partial charge in [0.1, 0.15) is 0 Å². The predicted octanol–water partition coefficient (Wildman–Crippen LogP) is 1.81. The second-order valence-electron chi connectivity index (χ2n) is 4.23. The van der Waals surface area contributed by atoms with Crippen molar-refractivity contribution >= 4 is 33.4 Å². The Morgan fingerprint density at radius 2 is 1.88 bits per heavy atom. The van der Waals surface area contributed by atoms with Crippen LogP contribution in [0.4, 0.5) is 0 Å². The van der Waals surface area contributed by atoms with Crippen LogP contribution in [-0.4, -0.2) is 35.9 Å². The summed E-state index contributed by atoms with van der Waals surface area (Å²) in [5.74, 6) is 0.585. The molecule has 0 aromatic heterocycles. The number of hydrogen-bond acceptors (Lipinski definition) is 4. The first-order chi connectivity index (χ1) is 7.91. The van der Waals surface area contributed by atoms with Gasteiger partial charge >= 0.3 is 0 Å². The van der Waals surface area contributed by atoms with Crippen LogP contribution in [0.5, 0.6) is 0 Å². The average molecular weight is 278 g/mol. The molecule has 2 N–H and O–H groups in total. The normalized spacial score (nSPS) is 11.1. The topological polar surface area (TPSA) is 58.2 Å². The first-order valence-corrected chi connectivity index (χ1v) is 8.01. The zero-order valence-electron chi connectivity index (χ0n) is 11.0. The standard InChI is InChI=1S/C11H22N2O2S2/c1-5-13-10(15)8-16-17-11(2,3)7-6-9(14)12-4/h5-8H2,1-4H3,(H,12,14)(H,13,15). The van der Waals surface area contributed by atoms with Gasteiger partial charge < -0.3 is 10.6 Å². The lowest BCUT2D eigenvalue weighted by Crippen LogP contribution is -2.25. The Morgan fingerprint density at radius 3 is 2.41 bits per heavy atom. The zero-order valence-corrected chi connectivity index (χ0v) is 12.6. The lowest BCUT2D eigenvalue weighted by atomic mass is 10.1. The number of rotatable bonds is 8. The molecule has 0 aliphatic heterocycles. The van der Waals surface area contributed by atoms with Gasteiger partial charge in [0.05, 0.1) is 5.75 Å². The van der Waals surface area contributed by atoms with E-state index in [1.807, 2.05) is 6.92 Å². The van der Waals surface area contributed by atoms with Gasteiger partial charge in [0.15, 0.2) is 0 Å². The Morgan fingerprint density at radius 1 is 1.24 bits per heavy atom. The molecule has 0 aliphatic carbocycles. The van der Waals surface area contributed by atoms with E-state index in [0.717, 1.165) is 6.42 Å². The molecule has 100 valence electrons. The maximum absolute atomic E-state index is 11.2. The SMILES string of the molecule is CCNC(=O)CSSC(C)(C)CCC(=O)NC. The van der Waals surface area contributed by atoms with Crippen molar-refractivity contribution in [2.45, 2.75) is 38.4 Å². The van der Waals surface area contributed by atoms with E-state index < -0.39 is 0 Å². The predicted molar refractivity (Wildman–Crippen MR) is 76.1 cm³/mol. The van der Waals surface area contributed by atoms with Crippen molar-refractivity contribution in [3.63, 3.8) is 0 Å². The smallest absolute Gasteiger partial charge is 0.230 e. The third kappa shape index (κ3) is 9.35. The van der Waals surface area contributed by atoms with Crippen LogP contribution < -0.4 is 10.6 Å². The van der Waals surface area contributed by atoms with Gasteiger partial charge in [-0.1, -0.05) is 21.6 Å². The molecule has 0 radical (unpaired) electrons. The van der Waals surface area contributed by atoms with Crippen LogP contribution in [0.15, 0.2) is 0 Å². The van der Waals surface area contributed by atoms with E-state index in [1.165, 1.54) is 0 Å². The number of carbonyl (C=O) groups excluding carboxylic acids is 2. The first kappa shape index (κ1) is 16.6. The van der Waals surface area contributed by atoms with Crippen LogP contribution in [0.2, 0.25) is 0 Å². The quantitative estimate of drug-likeness (QED) is 0.665. The van der Waals surface area contributed by atoms with Gasteiger partial charge in [0.2, 0.25) is 11.8 Å². The molecule has 0 saturated heterocycles. The van der Waals surface area contributed by atoms with Crippen molar-refractivity contribution in [3.8, 4) is 0 Å². The molecule has 0 rings (SSSR count). The zero-order chi connectivity index (χ0) is 13.3. The number of amides is 2. The van der Waals surface area contributed by atoms with Gasteiger partial charge in [0, 0.05) is 24.8 Å². The van der Waals surface area contributed by atoms with Gasteiger partial charge in [-0.2, -0.15) is 0 Å². The minimum atomic E-state index is 0.00364. The maximum atomic E-state index is 11.2. The minimum Gasteiger partial charge on any atom is -0.359 e. The van der Waals surface area contributed by atoms with Crippen molar-refractivity contribution in [1.29, 1.82) is 0 Å². The third-order valence-electron chi connectivity index (χ3n) is 2.08. The van der Waals surface area contributed by atoms with E-state index >= 15 is 0 Å². The fraction of sp³-hybridized carbons (Fsp3) is 0.818. The molecular formula is C11H22N2O2S2. The molecule has 0 aromatic carbocycles. The number of hydrogen-bond donors (Lipinski definition) is 2. The van der Waals surface area contributed by atoms with Crippen LogP contribution in [0.25, 0.3) is 0 Å². The van der Waals surface area contributed by atoms with Crippen LogP contribution in [-0.2, 0) is 9.59 Å². The van der Waals surface area contributed by atoms with Crippen molar-refractivity contribution < 1.29 is 9.59 Å². The maximum Gasteiger partial charge on any atom is 0.230 e. The molecule has 0 aliphatic rings. The van der Waals surface area contributed by atoms with Crippen LogP contribution >= 0.6 is 21.6 Å². The highest BCUT2D eigenvalue weighted by atomic mass is 33.1. The largest absolute Gasteiger partial charge is 0.359 e.